The second-order valence-corrected chi connectivity index (χ2v) is 5.46. The van der Waals surface area contributed by atoms with E-state index in [9.17, 15) is 5.26 Å². The van der Waals surface area contributed by atoms with E-state index in [-0.39, 0.29) is 5.60 Å². The summed E-state index contributed by atoms with van der Waals surface area (Å²) in [5.74, 6) is 0.818. The van der Waals surface area contributed by atoms with Crippen molar-refractivity contribution in [2.75, 3.05) is 13.7 Å². The molecule has 0 spiro atoms. The van der Waals surface area contributed by atoms with Gasteiger partial charge in [-0.15, -0.1) is 0 Å². The van der Waals surface area contributed by atoms with Crippen LogP contribution in [0, 0.1) is 11.3 Å². The van der Waals surface area contributed by atoms with Crippen LogP contribution in [0.4, 0.5) is 0 Å². The summed E-state index contributed by atoms with van der Waals surface area (Å²) in [6.07, 6.45) is 1.47. The summed E-state index contributed by atoms with van der Waals surface area (Å²) in [4.78, 5) is 0. The van der Waals surface area contributed by atoms with Crippen LogP contribution in [0.5, 0.6) is 5.75 Å². The van der Waals surface area contributed by atoms with E-state index in [0.717, 1.165) is 24.2 Å². The number of hydrogen-bond donors (Lipinski definition) is 0. The summed E-state index contributed by atoms with van der Waals surface area (Å²) >= 11 is 0. The molecule has 1 aromatic rings. The van der Waals surface area contributed by atoms with Gasteiger partial charge in [0, 0.05) is 6.61 Å². The van der Waals surface area contributed by atoms with Crippen molar-refractivity contribution in [3.63, 3.8) is 0 Å². The van der Waals surface area contributed by atoms with Gasteiger partial charge in [-0.3, -0.25) is 0 Å². The zero-order valence-corrected chi connectivity index (χ0v) is 11.2. The van der Waals surface area contributed by atoms with Crippen molar-refractivity contribution in [3.05, 3.63) is 29.8 Å². The van der Waals surface area contributed by atoms with Gasteiger partial charge in [0.05, 0.1) is 24.2 Å². The van der Waals surface area contributed by atoms with Crippen molar-refractivity contribution >= 4 is 0 Å². The van der Waals surface area contributed by atoms with Gasteiger partial charge in [0.15, 0.2) is 0 Å². The molecule has 1 heterocycles. The maximum Gasteiger partial charge on any atom is 0.118 e. The van der Waals surface area contributed by atoms with Crippen molar-refractivity contribution in [2.24, 2.45) is 0 Å². The summed E-state index contributed by atoms with van der Waals surface area (Å²) in [7, 11) is 1.65. The van der Waals surface area contributed by atoms with Crippen LogP contribution in [0.15, 0.2) is 24.3 Å². The lowest BCUT2D eigenvalue weighted by Gasteiger charge is -2.41. The van der Waals surface area contributed by atoms with E-state index >= 15 is 0 Å². The molecule has 1 aromatic carbocycles. The van der Waals surface area contributed by atoms with Gasteiger partial charge in [-0.2, -0.15) is 5.26 Å². The molecule has 0 radical (unpaired) electrons. The molecule has 0 aliphatic carbocycles. The van der Waals surface area contributed by atoms with Crippen molar-refractivity contribution in [3.8, 4) is 11.8 Å². The minimum absolute atomic E-state index is 0.242. The maximum atomic E-state index is 9.62. The minimum Gasteiger partial charge on any atom is -0.497 e. The predicted molar refractivity (Wildman–Crippen MR) is 69.6 cm³/mol. The minimum atomic E-state index is -0.436. The Morgan fingerprint density at radius 2 is 1.94 bits per heavy atom. The zero-order chi connectivity index (χ0) is 13.2. The van der Waals surface area contributed by atoms with E-state index in [1.54, 1.807) is 7.11 Å². The van der Waals surface area contributed by atoms with Gasteiger partial charge in [0.1, 0.15) is 5.75 Å². The Kier molecular flexibility index (Phi) is 3.32. The van der Waals surface area contributed by atoms with Crippen molar-refractivity contribution in [2.45, 2.75) is 37.7 Å². The van der Waals surface area contributed by atoms with E-state index < -0.39 is 5.41 Å². The lowest BCUT2D eigenvalue weighted by Crippen LogP contribution is -2.43. The fourth-order valence-corrected chi connectivity index (χ4v) is 2.68. The standard InChI is InChI=1S/C15H19NO2/c1-14(2)10-15(11-16,8-9-18-14)12-4-6-13(17-3)7-5-12/h4-7H,8-10H2,1-3H3. The number of benzene rings is 1. The van der Waals surface area contributed by atoms with Crippen molar-refractivity contribution < 1.29 is 9.47 Å². The first kappa shape index (κ1) is 12.9. The summed E-state index contributed by atoms with van der Waals surface area (Å²) < 4.78 is 10.9. The first-order valence-corrected chi connectivity index (χ1v) is 6.21. The largest absolute Gasteiger partial charge is 0.497 e. The molecular weight excluding hydrogens is 226 g/mol. The average Bonchev–Trinajstić information content (AvgIpc) is 2.37. The third kappa shape index (κ3) is 2.34. The molecule has 0 aromatic heterocycles. The Balaban J connectivity index is 2.34. The van der Waals surface area contributed by atoms with Gasteiger partial charge in [-0.05, 0) is 44.4 Å². The Morgan fingerprint density at radius 3 is 2.44 bits per heavy atom. The van der Waals surface area contributed by atoms with Crippen LogP contribution in [0.2, 0.25) is 0 Å². The molecule has 2 rings (SSSR count). The number of rotatable bonds is 2. The smallest absolute Gasteiger partial charge is 0.118 e. The lowest BCUT2D eigenvalue weighted by molar-refractivity contribution is -0.0716. The van der Waals surface area contributed by atoms with E-state index in [4.69, 9.17) is 9.47 Å². The molecule has 1 saturated heterocycles. The van der Waals surface area contributed by atoms with Crippen LogP contribution in [-0.2, 0) is 10.2 Å². The normalized spacial score (nSPS) is 26.3. The van der Waals surface area contributed by atoms with Gasteiger partial charge in [-0.25, -0.2) is 0 Å². The van der Waals surface area contributed by atoms with E-state index in [1.165, 1.54) is 0 Å². The SMILES string of the molecule is COc1ccc(C2(C#N)CCOC(C)(C)C2)cc1. The van der Waals surface area contributed by atoms with Crippen LogP contribution < -0.4 is 4.74 Å². The fraction of sp³-hybridized carbons (Fsp3) is 0.533. The van der Waals surface area contributed by atoms with Gasteiger partial charge >= 0.3 is 0 Å². The molecule has 0 saturated carbocycles. The van der Waals surface area contributed by atoms with Crippen LogP contribution in [-0.4, -0.2) is 19.3 Å². The van der Waals surface area contributed by atoms with Crippen molar-refractivity contribution in [1.82, 2.24) is 0 Å². The first-order valence-electron chi connectivity index (χ1n) is 6.21. The molecule has 3 heteroatoms. The molecular formula is C15H19NO2. The molecule has 1 atom stereocenters. The number of methoxy groups -OCH3 is 1. The van der Waals surface area contributed by atoms with Gasteiger partial charge < -0.3 is 9.47 Å². The molecule has 1 fully saturated rings. The number of ether oxygens (including phenoxy) is 2. The number of hydrogen-bond acceptors (Lipinski definition) is 3. The molecule has 0 bridgehead atoms. The average molecular weight is 245 g/mol. The predicted octanol–water partition coefficient (Wildman–Crippen LogP) is 3.05. The fourth-order valence-electron chi connectivity index (χ4n) is 2.68. The second kappa shape index (κ2) is 4.62. The van der Waals surface area contributed by atoms with Crippen molar-refractivity contribution in [1.29, 1.82) is 5.26 Å². The topological polar surface area (TPSA) is 42.2 Å². The Bertz CT molecular complexity index is 458. The summed E-state index contributed by atoms with van der Waals surface area (Å²) in [5, 5.41) is 9.62. The Labute approximate surface area is 108 Å². The van der Waals surface area contributed by atoms with E-state index in [0.29, 0.717) is 6.61 Å². The summed E-state index contributed by atoms with van der Waals surface area (Å²) in [6.45, 7) is 4.72. The highest BCUT2D eigenvalue weighted by molar-refractivity contribution is 5.37. The molecule has 0 N–H and O–H groups in total. The highest BCUT2D eigenvalue weighted by atomic mass is 16.5. The van der Waals surface area contributed by atoms with E-state index in [1.807, 2.05) is 38.1 Å². The van der Waals surface area contributed by atoms with Crippen LogP contribution in [0.1, 0.15) is 32.3 Å². The summed E-state index contributed by atoms with van der Waals surface area (Å²) in [6, 6.07) is 10.3. The third-order valence-electron chi connectivity index (χ3n) is 3.61. The van der Waals surface area contributed by atoms with Crippen LogP contribution >= 0.6 is 0 Å². The van der Waals surface area contributed by atoms with E-state index in [2.05, 4.69) is 6.07 Å². The monoisotopic (exact) mass is 245 g/mol. The molecule has 1 unspecified atom stereocenters. The molecule has 3 nitrogen and oxygen atoms in total. The van der Waals surface area contributed by atoms with Gasteiger partial charge in [-0.1, -0.05) is 12.1 Å². The molecule has 18 heavy (non-hydrogen) atoms. The Morgan fingerprint density at radius 1 is 1.28 bits per heavy atom. The van der Waals surface area contributed by atoms with Crippen LogP contribution in [0.3, 0.4) is 0 Å². The first-order chi connectivity index (χ1) is 8.51. The highest BCUT2D eigenvalue weighted by Crippen LogP contribution is 2.41. The molecule has 96 valence electrons. The highest BCUT2D eigenvalue weighted by Gasteiger charge is 2.42. The lowest BCUT2D eigenvalue weighted by atomic mass is 9.70. The zero-order valence-electron chi connectivity index (χ0n) is 11.2. The van der Waals surface area contributed by atoms with Gasteiger partial charge in [0.2, 0.25) is 0 Å². The van der Waals surface area contributed by atoms with Crippen LogP contribution in [0.25, 0.3) is 0 Å². The Hall–Kier alpha value is -1.53. The quantitative estimate of drug-likeness (QED) is 0.804. The third-order valence-corrected chi connectivity index (χ3v) is 3.61. The molecule has 1 aliphatic rings. The molecule has 0 amide bonds. The maximum absolute atomic E-state index is 9.62. The number of nitrogens with zero attached hydrogens (tertiary/aromatic N) is 1. The number of nitriles is 1. The summed E-state index contributed by atoms with van der Waals surface area (Å²) in [5.41, 5.74) is 0.379. The second-order valence-electron chi connectivity index (χ2n) is 5.46. The molecule has 1 aliphatic heterocycles. The van der Waals surface area contributed by atoms with Gasteiger partial charge in [0.25, 0.3) is 0 Å².